The molecule has 0 heterocycles. The quantitative estimate of drug-likeness (QED) is 0.913. The van der Waals surface area contributed by atoms with Gasteiger partial charge in [0.05, 0.1) is 17.3 Å². The third-order valence-electron chi connectivity index (χ3n) is 2.83. The molecule has 0 aliphatic carbocycles. The van der Waals surface area contributed by atoms with Crippen LogP contribution in [-0.4, -0.2) is 6.61 Å². The van der Waals surface area contributed by atoms with Gasteiger partial charge in [-0.3, -0.25) is 0 Å². The van der Waals surface area contributed by atoms with Gasteiger partial charge in [-0.15, -0.1) is 0 Å². The lowest BCUT2D eigenvalue weighted by Gasteiger charge is -2.11. The second kappa shape index (κ2) is 6.93. The molecular weight excluding hydrogens is 269 g/mol. The van der Waals surface area contributed by atoms with Gasteiger partial charge in [-0.05, 0) is 24.3 Å². The van der Waals surface area contributed by atoms with E-state index in [-0.39, 0.29) is 12.2 Å². The van der Waals surface area contributed by atoms with Crippen LogP contribution in [0.4, 0.5) is 10.1 Å². The molecule has 1 N–H and O–H groups in total. The second-order valence-corrected chi connectivity index (χ2v) is 4.21. The van der Waals surface area contributed by atoms with Gasteiger partial charge in [0.15, 0.2) is 6.61 Å². The van der Waals surface area contributed by atoms with Gasteiger partial charge < -0.3 is 10.1 Å². The summed E-state index contributed by atoms with van der Waals surface area (Å²) in [7, 11) is 0. The average Bonchev–Trinajstić information content (AvgIpc) is 2.52. The van der Waals surface area contributed by atoms with Crippen LogP contribution in [0.25, 0.3) is 0 Å². The summed E-state index contributed by atoms with van der Waals surface area (Å²) in [5.74, 6) is 0.102. The molecule has 21 heavy (non-hydrogen) atoms. The van der Waals surface area contributed by atoms with Crippen LogP contribution in [0.2, 0.25) is 0 Å². The lowest BCUT2D eigenvalue weighted by molar-refractivity contribution is 0.364. The van der Waals surface area contributed by atoms with E-state index < -0.39 is 5.82 Å². The minimum Gasteiger partial charge on any atom is -0.478 e. The average molecular weight is 281 g/mol. The number of nitriles is 2. The van der Waals surface area contributed by atoms with Crippen LogP contribution in [0, 0.1) is 28.5 Å². The number of ether oxygens (including phenoxy) is 1. The topological polar surface area (TPSA) is 68.8 Å². The molecule has 0 aliphatic rings. The van der Waals surface area contributed by atoms with Crippen molar-refractivity contribution in [3.05, 3.63) is 59.4 Å². The lowest BCUT2D eigenvalue weighted by Crippen LogP contribution is -2.04. The second-order valence-electron chi connectivity index (χ2n) is 4.21. The summed E-state index contributed by atoms with van der Waals surface area (Å²) in [5.41, 5.74) is 1.40. The zero-order valence-corrected chi connectivity index (χ0v) is 11.1. The van der Waals surface area contributed by atoms with Crippen molar-refractivity contribution in [2.45, 2.75) is 6.54 Å². The van der Waals surface area contributed by atoms with E-state index in [0.29, 0.717) is 18.0 Å². The molecule has 2 aromatic carbocycles. The molecule has 2 rings (SSSR count). The largest absolute Gasteiger partial charge is 0.478 e. The van der Waals surface area contributed by atoms with Crippen LogP contribution in [0.1, 0.15) is 11.1 Å². The molecule has 0 bridgehead atoms. The predicted octanol–water partition coefficient (Wildman–Crippen LogP) is 3.21. The van der Waals surface area contributed by atoms with Crippen molar-refractivity contribution < 1.29 is 9.13 Å². The van der Waals surface area contributed by atoms with Crippen LogP contribution < -0.4 is 10.1 Å². The zero-order valence-electron chi connectivity index (χ0n) is 11.1. The Labute approximate surface area is 122 Å². The highest BCUT2D eigenvalue weighted by Gasteiger charge is 2.06. The number of nitrogens with zero attached hydrogens (tertiary/aromatic N) is 2. The fourth-order valence-corrected chi connectivity index (χ4v) is 1.82. The maximum absolute atomic E-state index is 13.8. The Morgan fingerprint density at radius 2 is 1.95 bits per heavy atom. The Balaban J connectivity index is 2.10. The van der Waals surface area contributed by atoms with Crippen molar-refractivity contribution in [1.29, 1.82) is 10.5 Å². The van der Waals surface area contributed by atoms with E-state index in [1.807, 2.05) is 24.3 Å². The number of hydrogen-bond donors (Lipinski definition) is 1. The monoisotopic (exact) mass is 281 g/mol. The maximum atomic E-state index is 13.8. The van der Waals surface area contributed by atoms with Crippen LogP contribution in [0.15, 0.2) is 42.5 Å². The molecule has 0 amide bonds. The van der Waals surface area contributed by atoms with Crippen LogP contribution in [0.3, 0.4) is 0 Å². The first-order valence-electron chi connectivity index (χ1n) is 6.26. The summed E-state index contributed by atoms with van der Waals surface area (Å²) in [6.45, 7) is 0.312. The summed E-state index contributed by atoms with van der Waals surface area (Å²) in [5, 5.41) is 20.2. The molecule has 0 spiro atoms. The SMILES string of the molecule is N#CCOc1ccccc1CNc1ccc(C#N)cc1F. The minimum absolute atomic E-state index is 0.0394. The molecule has 2 aromatic rings. The molecule has 0 saturated carbocycles. The Morgan fingerprint density at radius 1 is 1.14 bits per heavy atom. The first-order valence-corrected chi connectivity index (χ1v) is 6.26. The maximum Gasteiger partial charge on any atom is 0.174 e. The first-order chi connectivity index (χ1) is 10.2. The van der Waals surface area contributed by atoms with Crippen molar-refractivity contribution in [1.82, 2.24) is 0 Å². The molecule has 0 saturated heterocycles. The zero-order chi connectivity index (χ0) is 15.1. The molecular formula is C16H12FN3O. The van der Waals surface area contributed by atoms with Gasteiger partial charge in [0.2, 0.25) is 0 Å². The minimum atomic E-state index is -0.482. The van der Waals surface area contributed by atoms with Crippen molar-refractivity contribution in [3.8, 4) is 17.9 Å². The Bertz CT molecular complexity index is 716. The van der Waals surface area contributed by atoms with Crippen molar-refractivity contribution in [3.63, 3.8) is 0 Å². The summed E-state index contributed by atoms with van der Waals surface area (Å²) in [6.07, 6.45) is 0. The van der Waals surface area contributed by atoms with E-state index in [1.54, 1.807) is 18.2 Å². The molecule has 0 radical (unpaired) electrons. The third kappa shape index (κ3) is 3.71. The van der Waals surface area contributed by atoms with Gasteiger partial charge in [-0.25, -0.2) is 4.39 Å². The smallest absolute Gasteiger partial charge is 0.174 e. The molecule has 0 aliphatic heterocycles. The number of halogens is 1. The summed E-state index contributed by atoms with van der Waals surface area (Å²) >= 11 is 0. The third-order valence-corrected chi connectivity index (χ3v) is 2.83. The molecule has 0 atom stereocenters. The molecule has 0 fully saturated rings. The standard InChI is InChI=1S/C16H12FN3O/c17-14-9-12(10-19)5-6-15(14)20-11-13-3-1-2-4-16(13)21-8-7-18/h1-6,9,20H,8,11H2. The Morgan fingerprint density at radius 3 is 2.67 bits per heavy atom. The number of benzene rings is 2. The van der Waals surface area contributed by atoms with E-state index >= 15 is 0 Å². The van der Waals surface area contributed by atoms with Gasteiger partial charge in [-0.2, -0.15) is 10.5 Å². The van der Waals surface area contributed by atoms with E-state index in [1.165, 1.54) is 12.1 Å². The van der Waals surface area contributed by atoms with Crippen molar-refractivity contribution in [2.24, 2.45) is 0 Å². The van der Waals surface area contributed by atoms with E-state index in [2.05, 4.69) is 5.32 Å². The van der Waals surface area contributed by atoms with Crippen LogP contribution >= 0.6 is 0 Å². The van der Waals surface area contributed by atoms with Crippen molar-refractivity contribution in [2.75, 3.05) is 11.9 Å². The number of hydrogen-bond acceptors (Lipinski definition) is 4. The van der Waals surface area contributed by atoms with Gasteiger partial charge in [0, 0.05) is 12.1 Å². The number of para-hydroxylation sites is 1. The highest BCUT2D eigenvalue weighted by atomic mass is 19.1. The first kappa shape index (κ1) is 14.4. The fraction of sp³-hybridized carbons (Fsp3) is 0.125. The highest BCUT2D eigenvalue weighted by molar-refractivity contribution is 5.50. The van der Waals surface area contributed by atoms with Gasteiger partial charge in [0.25, 0.3) is 0 Å². The summed E-state index contributed by atoms with van der Waals surface area (Å²) in [6, 6.07) is 15.3. The summed E-state index contributed by atoms with van der Waals surface area (Å²) in [4.78, 5) is 0. The predicted molar refractivity (Wildman–Crippen MR) is 76.0 cm³/mol. The molecule has 104 valence electrons. The number of nitrogens with one attached hydrogen (secondary N) is 1. The van der Waals surface area contributed by atoms with Gasteiger partial charge in [-0.1, -0.05) is 18.2 Å². The molecule has 4 nitrogen and oxygen atoms in total. The van der Waals surface area contributed by atoms with Crippen molar-refractivity contribution >= 4 is 5.69 Å². The molecule has 5 heteroatoms. The number of rotatable bonds is 5. The molecule has 0 aromatic heterocycles. The normalized spacial score (nSPS) is 9.48. The summed E-state index contributed by atoms with van der Waals surface area (Å²) < 4.78 is 19.1. The highest BCUT2D eigenvalue weighted by Crippen LogP contribution is 2.21. The Kier molecular flexibility index (Phi) is 4.74. The van der Waals surface area contributed by atoms with E-state index in [9.17, 15) is 4.39 Å². The number of anilines is 1. The van der Waals surface area contributed by atoms with Gasteiger partial charge in [0.1, 0.15) is 17.6 Å². The fourth-order valence-electron chi connectivity index (χ4n) is 1.82. The van der Waals surface area contributed by atoms with Crippen LogP contribution in [-0.2, 0) is 6.54 Å². The molecule has 0 unspecified atom stereocenters. The Hall–Kier alpha value is -3.05. The van der Waals surface area contributed by atoms with Crippen LogP contribution in [0.5, 0.6) is 5.75 Å². The van der Waals surface area contributed by atoms with E-state index in [4.69, 9.17) is 15.3 Å². The lowest BCUT2D eigenvalue weighted by atomic mass is 10.1. The van der Waals surface area contributed by atoms with E-state index in [0.717, 1.165) is 5.56 Å². The van der Waals surface area contributed by atoms with Gasteiger partial charge >= 0.3 is 0 Å².